The van der Waals surface area contributed by atoms with Crippen molar-refractivity contribution in [2.45, 2.75) is 40.3 Å². The predicted octanol–water partition coefficient (Wildman–Crippen LogP) is 2.64. The van der Waals surface area contributed by atoms with E-state index < -0.39 is 0 Å². The van der Waals surface area contributed by atoms with Gasteiger partial charge in [0.15, 0.2) is 0 Å². The molecule has 98 valence electrons. The molecular weight excluding hydrogens is 226 g/mol. The van der Waals surface area contributed by atoms with E-state index in [0.29, 0.717) is 0 Å². The van der Waals surface area contributed by atoms with Crippen LogP contribution in [-0.4, -0.2) is 16.1 Å². The first-order valence-electron chi connectivity index (χ1n) is 6.46. The number of aryl methyl sites for hydroxylation is 1. The molecule has 4 nitrogen and oxygen atoms in total. The normalized spacial score (nSPS) is 11.1. The summed E-state index contributed by atoms with van der Waals surface area (Å²) in [4.78, 5) is 4.32. The summed E-state index contributed by atoms with van der Waals surface area (Å²) >= 11 is 0. The second kappa shape index (κ2) is 5.87. The highest BCUT2D eigenvalue weighted by atomic mass is 16.3. The van der Waals surface area contributed by atoms with Gasteiger partial charge in [-0.15, -0.1) is 0 Å². The first kappa shape index (κ1) is 12.9. The second-order valence-electron chi connectivity index (χ2n) is 4.59. The molecule has 2 heterocycles. The maximum Gasteiger partial charge on any atom is 0.122 e. The van der Waals surface area contributed by atoms with Crippen LogP contribution in [0.4, 0.5) is 0 Å². The Kier molecular flexibility index (Phi) is 4.20. The third-order valence-electron chi connectivity index (χ3n) is 3.24. The zero-order chi connectivity index (χ0) is 13.0. The van der Waals surface area contributed by atoms with Crippen LogP contribution < -0.4 is 5.32 Å². The molecule has 1 N–H and O–H groups in total. The van der Waals surface area contributed by atoms with Crippen molar-refractivity contribution in [2.24, 2.45) is 0 Å². The lowest BCUT2D eigenvalue weighted by Gasteiger charge is -2.07. The van der Waals surface area contributed by atoms with Crippen molar-refractivity contribution >= 4 is 0 Å². The smallest absolute Gasteiger partial charge is 0.122 e. The Hall–Kier alpha value is -1.55. The van der Waals surface area contributed by atoms with Gasteiger partial charge in [-0.1, -0.05) is 6.92 Å². The Labute approximate surface area is 108 Å². The van der Waals surface area contributed by atoms with Gasteiger partial charge in [0, 0.05) is 11.3 Å². The van der Waals surface area contributed by atoms with E-state index in [0.717, 1.165) is 37.5 Å². The lowest BCUT2D eigenvalue weighted by Crippen LogP contribution is -2.15. The number of rotatable bonds is 6. The first-order chi connectivity index (χ1) is 8.72. The van der Waals surface area contributed by atoms with Crippen molar-refractivity contribution in [1.82, 2.24) is 14.9 Å². The Bertz CT molecular complexity index is 499. The summed E-state index contributed by atoms with van der Waals surface area (Å²) in [6.07, 6.45) is 4.79. The quantitative estimate of drug-likeness (QED) is 0.798. The molecule has 0 aromatic carbocycles. The molecule has 0 unspecified atom stereocenters. The topological polar surface area (TPSA) is 43.0 Å². The van der Waals surface area contributed by atoms with E-state index in [1.807, 2.05) is 19.3 Å². The predicted molar refractivity (Wildman–Crippen MR) is 71.5 cm³/mol. The maximum absolute atomic E-state index is 5.53. The van der Waals surface area contributed by atoms with Crippen molar-refractivity contribution in [2.75, 3.05) is 6.54 Å². The number of nitrogens with zero attached hydrogens (tertiary/aromatic N) is 2. The van der Waals surface area contributed by atoms with Crippen LogP contribution >= 0.6 is 0 Å². The molecule has 0 bridgehead atoms. The van der Waals surface area contributed by atoms with E-state index in [2.05, 4.69) is 28.7 Å². The molecule has 0 aliphatic rings. The minimum Gasteiger partial charge on any atom is -0.468 e. The van der Waals surface area contributed by atoms with Crippen molar-refractivity contribution in [3.8, 4) is 0 Å². The highest BCUT2D eigenvalue weighted by Crippen LogP contribution is 2.14. The summed E-state index contributed by atoms with van der Waals surface area (Å²) in [7, 11) is 0. The van der Waals surface area contributed by atoms with Gasteiger partial charge in [-0.2, -0.15) is 0 Å². The second-order valence-corrected chi connectivity index (χ2v) is 4.59. The van der Waals surface area contributed by atoms with Crippen molar-refractivity contribution < 1.29 is 4.42 Å². The van der Waals surface area contributed by atoms with Gasteiger partial charge in [-0.3, -0.25) is 0 Å². The van der Waals surface area contributed by atoms with Crippen LogP contribution in [-0.2, 0) is 13.1 Å². The fourth-order valence-corrected chi connectivity index (χ4v) is 1.93. The summed E-state index contributed by atoms with van der Waals surface area (Å²) in [6, 6.07) is 2.04. The standard InChI is InChI=1S/C14H21N3O/c1-4-6-15-8-14-13(5-7-18-14)9-17-10-16-11(2)12(17)3/h5,7,10,15H,4,6,8-9H2,1-3H3. The molecule has 2 aromatic heterocycles. The summed E-state index contributed by atoms with van der Waals surface area (Å²) in [5.74, 6) is 1.02. The van der Waals surface area contributed by atoms with Crippen molar-refractivity contribution in [3.63, 3.8) is 0 Å². The van der Waals surface area contributed by atoms with Crippen LogP contribution in [0, 0.1) is 13.8 Å². The average Bonchev–Trinajstić information content (AvgIpc) is 2.92. The van der Waals surface area contributed by atoms with E-state index in [4.69, 9.17) is 4.42 Å². The minimum absolute atomic E-state index is 0.795. The fraction of sp³-hybridized carbons (Fsp3) is 0.500. The van der Waals surface area contributed by atoms with E-state index >= 15 is 0 Å². The molecule has 0 radical (unpaired) electrons. The van der Waals surface area contributed by atoms with Gasteiger partial charge in [0.2, 0.25) is 0 Å². The third kappa shape index (κ3) is 2.82. The van der Waals surface area contributed by atoms with Gasteiger partial charge in [0.25, 0.3) is 0 Å². The lowest BCUT2D eigenvalue weighted by molar-refractivity contribution is 0.476. The highest BCUT2D eigenvalue weighted by molar-refractivity contribution is 5.19. The van der Waals surface area contributed by atoms with E-state index in [-0.39, 0.29) is 0 Å². The van der Waals surface area contributed by atoms with Crippen LogP contribution in [0.3, 0.4) is 0 Å². The van der Waals surface area contributed by atoms with Gasteiger partial charge in [-0.05, 0) is 32.9 Å². The van der Waals surface area contributed by atoms with Crippen LogP contribution in [0.2, 0.25) is 0 Å². The van der Waals surface area contributed by atoms with E-state index in [1.54, 1.807) is 6.26 Å². The summed E-state index contributed by atoms with van der Waals surface area (Å²) in [5.41, 5.74) is 3.52. The zero-order valence-electron chi connectivity index (χ0n) is 11.4. The van der Waals surface area contributed by atoms with Crippen LogP contribution in [0.25, 0.3) is 0 Å². The maximum atomic E-state index is 5.53. The average molecular weight is 247 g/mol. The third-order valence-corrected chi connectivity index (χ3v) is 3.24. The number of imidazole rings is 1. The van der Waals surface area contributed by atoms with Gasteiger partial charge in [0.1, 0.15) is 5.76 Å². The Balaban J connectivity index is 2.05. The Morgan fingerprint density at radius 3 is 2.89 bits per heavy atom. The molecule has 18 heavy (non-hydrogen) atoms. The molecule has 0 aliphatic carbocycles. The molecule has 0 aliphatic heterocycles. The van der Waals surface area contributed by atoms with Crippen LogP contribution in [0.1, 0.15) is 36.1 Å². The van der Waals surface area contributed by atoms with Gasteiger partial charge in [-0.25, -0.2) is 4.98 Å². The number of furan rings is 1. The Morgan fingerprint density at radius 1 is 1.39 bits per heavy atom. The summed E-state index contributed by atoms with van der Waals surface area (Å²) in [5, 5.41) is 3.36. The monoisotopic (exact) mass is 247 g/mol. The van der Waals surface area contributed by atoms with Crippen LogP contribution in [0.5, 0.6) is 0 Å². The molecule has 0 atom stereocenters. The molecule has 2 rings (SSSR count). The van der Waals surface area contributed by atoms with Crippen molar-refractivity contribution in [1.29, 1.82) is 0 Å². The first-order valence-corrected chi connectivity index (χ1v) is 6.46. The van der Waals surface area contributed by atoms with Crippen molar-refractivity contribution in [3.05, 3.63) is 41.4 Å². The molecule has 2 aromatic rings. The van der Waals surface area contributed by atoms with Crippen LogP contribution in [0.15, 0.2) is 23.1 Å². The van der Waals surface area contributed by atoms with Gasteiger partial charge in [0.05, 0.1) is 31.4 Å². The number of nitrogens with one attached hydrogen (secondary N) is 1. The van der Waals surface area contributed by atoms with Gasteiger partial charge < -0.3 is 14.3 Å². The summed E-state index contributed by atoms with van der Waals surface area (Å²) in [6.45, 7) is 8.93. The molecule has 0 spiro atoms. The minimum atomic E-state index is 0.795. The molecule has 4 heteroatoms. The molecular formula is C14H21N3O. The number of aromatic nitrogens is 2. The van der Waals surface area contributed by atoms with Gasteiger partial charge >= 0.3 is 0 Å². The summed E-state index contributed by atoms with van der Waals surface area (Å²) < 4.78 is 7.69. The largest absolute Gasteiger partial charge is 0.468 e. The number of hydrogen-bond donors (Lipinski definition) is 1. The van der Waals surface area contributed by atoms with E-state index in [9.17, 15) is 0 Å². The Morgan fingerprint density at radius 2 is 2.22 bits per heavy atom. The number of hydrogen-bond acceptors (Lipinski definition) is 3. The molecule has 0 saturated heterocycles. The SMILES string of the molecule is CCCNCc1occc1Cn1cnc(C)c1C. The molecule has 0 fully saturated rings. The highest BCUT2D eigenvalue weighted by Gasteiger charge is 2.09. The lowest BCUT2D eigenvalue weighted by atomic mass is 10.2. The molecule has 0 saturated carbocycles. The zero-order valence-corrected chi connectivity index (χ0v) is 11.4. The fourth-order valence-electron chi connectivity index (χ4n) is 1.93. The molecule has 0 amide bonds. The van der Waals surface area contributed by atoms with E-state index in [1.165, 1.54) is 11.3 Å².